The van der Waals surface area contributed by atoms with Crippen LogP contribution in [-0.2, 0) is 6.42 Å². The molecule has 0 bridgehead atoms. The van der Waals surface area contributed by atoms with E-state index in [0.717, 1.165) is 4.88 Å². The molecule has 0 radical (unpaired) electrons. The monoisotopic (exact) mass is 526 g/mol. The van der Waals surface area contributed by atoms with Gasteiger partial charge in [0.1, 0.15) is 0 Å². The summed E-state index contributed by atoms with van der Waals surface area (Å²) in [7, 11) is 1.95. The molecule has 1 unspecified atom stereocenters. The molecule has 1 aromatic carbocycles. The van der Waals surface area contributed by atoms with Gasteiger partial charge in [-0.3, -0.25) is 0 Å². The number of ketones is 1. The van der Waals surface area contributed by atoms with Gasteiger partial charge in [-0.25, -0.2) is 0 Å². The fraction of sp³-hybridized carbons (Fsp3) is 0.500. The van der Waals surface area contributed by atoms with Crippen LogP contribution < -0.4 is 11.6 Å². The number of unbranched alkanes of at least 4 members (excludes halogenated alkanes) is 1. The zero-order chi connectivity index (χ0) is 22.4. The molecule has 0 spiro atoms. The fourth-order valence-corrected chi connectivity index (χ4v) is 8.18. The molecule has 0 amide bonds. The second-order valence-corrected chi connectivity index (χ2v) is 18.6. The third kappa shape index (κ3) is 11.1. The van der Waals surface area contributed by atoms with Crippen molar-refractivity contribution < 1.29 is 4.79 Å². The molecule has 1 aromatic heterocycles. The van der Waals surface area contributed by atoms with Crippen molar-refractivity contribution in [1.29, 1.82) is 0 Å². The number of hydrogen-bond acceptors (Lipinski definition) is 4. The summed E-state index contributed by atoms with van der Waals surface area (Å²) in [5, 5.41) is 3.39. The zero-order valence-electron chi connectivity index (χ0n) is 19.6. The van der Waals surface area contributed by atoms with Gasteiger partial charge in [-0.2, -0.15) is 0 Å². The summed E-state index contributed by atoms with van der Waals surface area (Å²) in [6.45, 7) is 12.1. The normalized spacial score (nSPS) is 12.2. The molecule has 0 aliphatic rings. The molecule has 0 aliphatic carbocycles. The van der Waals surface area contributed by atoms with E-state index in [9.17, 15) is 4.79 Å². The van der Waals surface area contributed by atoms with Crippen LogP contribution in [0.4, 0.5) is 5.69 Å². The number of benzene rings is 1. The van der Waals surface area contributed by atoms with Crippen LogP contribution in [0.1, 0.15) is 69.6 Å². The Kier molecular flexibility index (Phi) is 14.4. The summed E-state index contributed by atoms with van der Waals surface area (Å²) in [6.07, 6.45) is 3.77. The van der Waals surface area contributed by atoms with E-state index in [4.69, 9.17) is 0 Å². The fourth-order valence-electron chi connectivity index (χ4n) is 2.37. The summed E-state index contributed by atoms with van der Waals surface area (Å²) in [5.74, 6) is 0.146. The number of rotatable bonds is 8. The first-order valence-electron chi connectivity index (χ1n) is 10.6. The van der Waals surface area contributed by atoms with E-state index in [0.29, 0.717) is 6.04 Å². The Hall–Kier alpha value is -0.962. The molecule has 0 saturated heterocycles. The molecule has 3 nitrogen and oxygen atoms in total. The van der Waals surface area contributed by atoms with Gasteiger partial charge < -0.3 is 5.32 Å². The molecule has 2 rings (SSSR count). The number of carbonyl (C=O) groups is 1. The molecule has 0 saturated carbocycles. The zero-order valence-corrected chi connectivity index (χ0v) is 23.0. The van der Waals surface area contributed by atoms with E-state index in [2.05, 4.69) is 63.2 Å². The molecule has 0 fully saturated rings. The summed E-state index contributed by atoms with van der Waals surface area (Å²) in [6, 6.07) is 13.2. The number of anilines is 1. The summed E-state index contributed by atoms with van der Waals surface area (Å²) < 4.78 is 8.80. The van der Waals surface area contributed by atoms with Crippen LogP contribution in [0, 0.1) is 0 Å². The van der Waals surface area contributed by atoms with Crippen LogP contribution in [0.15, 0.2) is 36.4 Å². The van der Waals surface area contributed by atoms with E-state index in [1.54, 1.807) is 18.3 Å². The topological polar surface area (TPSA) is 41.1 Å². The van der Waals surface area contributed by atoms with Crippen molar-refractivity contribution in [2.24, 2.45) is 0 Å². The number of aryl methyl sites for hydroxylation is 1. The molecule has 29 heavy (non-hydrogen) atoms. The number of thiophene rings is 1. The van der Waals surface area contributed by atoms with E-state index in [-0.39, 0.29) is 5.78 Å². The Bertz CT molecular complexity index is 750. The van der Waals surface area contributed by atoms with Crippen LogP contribution in [0.2, 0.25) is 4.87 Å². The maximum absolute atomic E-state index is 11.1. The number of hydrogen-bond donors (Lipinski definition) is 2. The quantitative estimate of drug-likeness (QED) is 0.335. The Balaban J connectivity index is 0.000000499. The van der Waals surface area contributed by atoms with Crippen LogP contribution in [-0.4, -0.2) is 41.9 Å². The van der Waals surface area contributed by atoms with Crippen LogP contribution >= 0.6 is 11.3 Å². The van der Waals surface area contributed by atoms with Crippen molar-refractivity contribution in [3.05, 3.63) is 46.8 Å². The Labute approximate surface area is 187 Å². The standard InChI is InChI=1S/C13H21N.C6H5OS.C2H6.CH4N.CH3.CH2.Sb/c1-4-5-6-12-7-9-13(10-8-12)14-11(2)3;1-5(7)6-3-2-4-8-6;2*1-2;;;/h7-11,14H,4-6H2,1-3H3;2-3H,1H3;1-2H3;2H,1H3;1H3;1H2;/q;;;-1;;;+1. The van der Waals surface area contributed by atoms with Crippen molar-refractivity contribution in [3.63, 3.8) is 0 Å². The number of carbonyl (C=O) groups excluding carboxylic acids is 1. The van der Waals surface area contributed by atoms with Gasteiger partial charge >= 0.3 is 87.1 Å². The summed E-state index contributed by atoms with van der Waals surface area (Å²) in [4.78, 5) is 14.1. The Morgan fingerprint density at radius 1 is 1.14 bits per heavy atom. The van der Waals surface area contributed by atoms with E-state index >= 15 is 0 Å². The Morgan fingerprint density at radius 3 is 2.14 bits per heavy atom. The second-order valence-electron chi connectivity index (χ2n) is 7.21. The molecule has 164 valence electrons. The maximum atomic E-state index is 11.1. The summed E-state index contributed by atoms with van der Waals surface area (Å²) >= 11 is -0.750. The van der Waals surface area contributed by atoms with Crippen molar-refractivity contribution >= 4 is 48.7 Å². The third-order valence-corrected chi connectivity index (χ3v) is 14.6. The summed E-state index contributed by atoms with van der Waals surface area (Å²) in [5.41, 5.74) is 2.67. The molecular weight excluding hydrogens is 486 g/mol. The van der Waals surface area contributed by atoms with E-state index in [1.165, 1.54) is 33.3 Å². The molecule has 0 aliphatic heterocycles. The first-order chi connectivity index (χ1) is 13.7. The van der Waals surface area contributed by atoms with Gasteiger partial charge in [-0.05, 0) is 44.4 Å². The minimum absolute atomic E-state index is 0.146. The van der Waals surface area contributed by atoms with Crippen molar-refractivity contribution in [3.8, 4) is 0 Å². The van der Waals surface area contributed by atoms with Crippen molar-refractivity contribution in [2.45, 2.75) is 71.7 Å². The van der Waals surface area contributed by atoms with Crippen molar-refractivity contribution in [1.82, 2.24) is 3.48 Å². The molecule has 1 atom stereocenters. The Morgan fingerprint density at radius 2 is 1.72 bits per heavy atom. The van der Waals surface area contributed by atoms with Crippen LogP contribution in [0.25, 0.3) is 0 Å². The van der Waals surface area contributed by atoms with Gasteiger partial charge in [0.15, 0.2) is 0 Å². The van der Waals surface area contributed by atoms with Gasteiger partial charge in [0.25, 0.3) is 0 Å². The first kappa shape index (κ1) is 28.0. The van der Waals surface area contributed by atoms with Gasteiger partial charge in [0.2, 0.25) is 0 Å². The van der Waals surface area contributed by atoms with Gasteiger partial charge in [-0.1, -0.05) is 39.3 Å². The number of nitrogens with one attached hydrogen (secondary N) is 2. The molecule has 2 aromatic rings. The molecular formula is C24H41N2OSSb. The predicted molar refractivity (Wildman–Crippen MR) is 137 cm³/mol. The van der Waals surface area contributed by atoms with Gasteiger partial charge in [0.05, 0.1) is 0 Å². The van der Waals surface area contributed by atoms with Crippen LogP contribution in [0.3, 0.4) is 0 Å². The van der Waals surface area contributed by atoms with Gasteiger partial charge in [-0.15, -0.1) is 0 Å². The van der Waals surface area contributed by atoms with Crippen LogP contribution in [0.5, 0.6) is 0 Å². The second kappa shape index (κ2) is 14.9. The third-order valence-electron chi connectivity index (χ3n) is 4.15. The van der Waals surface area contributed by atoms with E-state index < -0.39 is 18.6 Å². The molecule has 5 heteroatoms. The van der Waals surface area contributed by atoms with E-state index in [1.807, 2.05) is 33.0 Å². The average Bonchev–Trinajstić information content (AvgIpc) is 3.21. The molecule has 2 N–H and O–H groups in total. The SMILES string of the molecule is CC.CCCCc1ccc(NC(C)C)cc1.[CH2]=[Sb]([CH3])([NH]C)[c]1ccc(C(C)=O)s1. The molecule has 1 heterocycles. The van der Waals surface area contributed by atoms with Crippen molar-refractivity contribution in [2.75, 3.05) is 12.4 Å². The first-order valence-corrected chi connectivity index (χ1v) is 18.3. The average molecular weight is 527 g/mol. The minimum atomic E-state index is -2.34. The number of Topliss-reactive ketones (excluding diaryl/α,β-unsaturated/α-hetero) is 1. The predicted octanol–water partition coefficient (Wildman–Crippen LogP) is 5.84. The van der Waals surface area contributed by atoms with Gasteiger partial charge in [0, 0.05) is 11.7 Å².